The van der Waals surface area contributed by atoms with Crippen LogP contribution in [0, 0.1) is 0 Å². The minimum atomic E-state index is -0.612. The van der Waals surface area contributed by atoms with Gasteiger partial charge in [-0.15, -0.1) is 0 Å². The highest BCUT2D eigenvalue weighted by molar-refractivity contribution is 6.33. The molecule has 3 aromatic rings. The summed E-state index contributed by atoms with van der Waals surface area (Å²) in [7, 11) is 0. The second-order valence-electron chi connectivity index (χ2n) is 6.76. The molecule has 1 unspecified atom stereocenters. The van der Waals surface area contributed by atoms with Crippen molar-refractivity contribution in [3.05, 3.63) is 101 Å². The number of nitrogens with zero attached hydrogens (tertiary/aromatic N) is 1. The van der Waals surface area contributed by atoms with Gasteiger partial charge in [0.1, 0.15) is 6.04 Å². The monoisotopic (exact) mass is 390 g/mol. The standard InChI is InChI=1S/C23H19ClN2O2/c24-19-12-6-7-13-20(19)25-22(27)21-14-17-10-4-5-11-18(17)15-26(21)23(28)16-8-2-1-3-9-16/h1-13,21H,14-15H2,(H,25,27). The van der Waals surface area contributed by atoms with Crippen LogP contribution < -0.4 is 5.32 Å². The van der Waals surface area contributed by atoms with E-state index in [0.29, 0.717) is 29.2 Å². The summed E-state index contributed by atoms with van der Waals surface area (Å²) in [5.74, 6) is -0.402. The molecule has 0 bridgehead atoms. The van der Waals surface area contributed by atoms with Crippen molar-refractivity contribution < 1.29 is 9.59 Å². The number of fused-ring (bicyclic) bond motifs is 1. The normalized spacial score (nSPS) is 15.6. The van der Waals surface area contributed by atoms with E-state index in [1.165, 1.54) is 0 Å². The van der Waals surface area contributed by atoms with Crippen LogP contribution in [0.25, 0.3) is 0 Å². The molecule has 1 atom stereocenters. The summed E-state index contributed by atoms with van der Waals surface area (Å²) < 4.78 is 0. The molecular weight excluding hydrogens is 372 g/mol. The van der Waals surface area contributed by atoms with Gasteiger partial charge in [0.2, 0.25) is 5.91 Å². The van der Waals surface area contributed by atoms with Gasteiger partial charge in [0.05, 0.1) is 10.7 Å². The predicted molar refractivity (Wildman–Crippen MR) is 110 cm³/mol. The Bertz CT molecular complexity index is 1020. The molecule has 3 aromatic carbocycles. The van der Waals surface area contributed by atoms with Gasteiger partial charge < -0.3 is 10.2 Å². The van der Waals surface area contributed by atoms with Crippen LogP contribution >= 0.6 is 11.6 Å². The minimum Gasteiger partial charge on any atom is -0.323 e. The number of amides is 2. The third-order valence-corrected chi connectivity index (χ3v) is 5.29. The van der Waals surface area contributed by atoms with Gasteiger partial charge >= 0.3 is 0 Å². The van der Waals surface area contributed by atoms with E-state index in [1.807, 2.05) is 48.5 Å². The summed E-state index contributed by atoms with van der Waals surface area (Å²) in [6.45, 7) is 0.393. The Hall–Kier alpha value is -3.11. The van der Waals surface area contributed by atoms with Gasteiger partial charge in [0, 0.05) is 18.5 Å². The highest BCUT2D eigenvalue weighted by Crippen LogP contribution is 2.27. The molecule has 2 amide bonds. The van der Waals surface area contributed by atoms with Crippen molar-refractivity contribution in [3.63, 3.8) is 0 Å². The molecule has 1 N–H and O–H groups in total. The van der Waals surface area contributed by atoms with E-state index >= 15 is 0 Å². The van der Waals surface area contributed by atoms with E-state index in [4.69, 9.17) is 11.6 Å². The SMILES string of the molecule is O=C(Nc1ccccc1Cl)C1Cc2ccccc2CN1C(=O)c1ccccc1. The van der Waals surface area contributed by atoms with Crippen LogP contribution in [0.5, 0.6) is 0 Å². The Balaban J connectivity index is 1.66. The van der Waals surface area contributed by atoms with Gasteiger partial charge in [0.25, 0.3) is 5.91 Å². The largest absolute Gasteiger partial charge is 0.323 e. The molecule has 0 saturated carbocycles. The van der Waals surface area contributed by atoms with Crippen LogP contribution in [0.4, 0.5) is 5.69 Å². The van der Waals surface area contributed by atoms with Gasteiger partial charge in [-0.05, 0) is 35.4 Å². The number of para-hydroxylation sites is 1. The molecule has 0 fully saturated rings. The van der Waals surface area contributed by atoms with Crippen molar-refractivity contribution in [2.45, 2.75) is 19.0 Å². The van der Waals surface area contributed by atoms with E-state index in [-0.39, 0.29) is 11.8 Å². The lowest BCUT2D eigenvalue weighted by molar-refractivity contribution is -0.121. The maximum atomic E-state index is 13.2. The summed E-state index contributed by atoms with van der Waals surface area (Å²) in [5, 5.41) is 3.35. The van der Waals surface area contributed by atoms with Crippen LogP contribution in [-0.2, 0) is 17.8 Å². The van der Waals surface area contributed by atoms with Crippen molar-refractivity contribution in [2.75, 3.05) is 5.32 Å². The molecule has 28 heavy (non-hydrogen) atoms. The molecule has 1 heterocycles. The van der Waals surface area contributed by atoms with Crippen molar-refractivity contribution in [1.29, 1.82) is 0 Å². The first-order valence-electron chi connectivity index (χ1n) is 9.11. The lowest BCUT2D eigenvalue weighted by Gasteiger charge is -2.36. The topological polar surface area (TPSA) is 49.4 Å². The maximum Gasteiger partial charge on any atom is 0.254 e. The predicted octanol–water partition coefficient (Wildman–Crippen LogP) is 4.55. The van der Waals surface area contributed by atoms with Crippen LogP contribution in [-0.4, -0.2) is 22.8 Å². The van der Waals surface area contributed by atoms with E-state index in [9.17, 15) is 9.59 Å². The van der Waals surface area contributed by atoms with Crippen LogP contribution in [0.3, 0.4) is 0 Å². The van der Waals surface area contributed by atoms with E-state index in [1.54, 1.807) is 35.2 Å². The summed E-state index contributed by atoms with van der Waals surface area (Å²) in [5.41, 5.74) is 3.25. The summed E-state index contributed by atoms with van der Waals surface area (Å²) in [4.78, 5) is 27.9. The van der Waals surface area contributed by atoms with Gasteiger partial charge in [0.15, 0.2) is 0 Å². The van der Waals surface area contributed by atoms with Crippen molar-refractivity contribution in [3.8, 4) is 0 Å². The van der Waals surface area contributed by atoms with Gasteiger partial charge in [-0.2, -0.15) is 0 Å². The average Bonchev–Trinajstić information content (AvgIpc) is 2.74. The first kappa shape index (κ1) is 18.3. The number of benzene rings is 3. The lowest BCUT2D eigenvalue weighted by atomic mass is 9.92. The molecule has 0 radical (unpaired) electrons. The number of nitrogens with one attached hydrogen (secondary N) is 1. The van der Waals surface area contributed by atoms with Gasteiger partial charge in [-0.25, -0.2) is 0 Å². The molecule has 4 nitrogen and oxygen atoms in total. The minimum absolute atomic E-state index is 0.158. The van der Waals surface area contributed by atoms with Crippen molar-refractivity contribution in [2.24, 2.45) is 0 Å². The summed E-state index contributed by atoms with van der Waals surface area (Å²) in [6, 6.07) is 23.4. The quantitative estimate of drug-likeness (QED) is 0.713. The molecular formula is C23H19ClN2O2. The molecule has 4 rings (SSSR count). The first-order chi connectivity index (χ1) is 13.6. The molecule has 1 aliphatic heterocycles. The first-order valence-corrected chi connectivity index (χ1v) is 9.49. The molecule has 5 heteroatoms. The molecule has 1 aliphatic rings. The lowest BCUT2D eigenvalue weighted by Crippen LogP contribution is -2.50. The van der Waals surface area contributed by atoms with Crippen molar-refractivity contribution in [1.82, 2.24) is 4.90 Å². The number of carbonyl (C=O) groups excluding carboxylic acids is 2. The number of hydrogen-bond donors (Lipinski definition) is 1. The molecule has 0 saturated heterocycles. The van der Waals surface area contributed by atoms with Crippen molar-refractivity contribution >= 4 is 29.1 Å². The second kappa shape index (κ2) is 7.87. The Morgan fingerprint density at radius 3 is 2.25 bits per heavy atom. The van der Waals surface area contributed by atoms with E-state index in [0.717, 1.165) is 11.1 Å². The number of hydrogen-bond acceptors (Lipinski definition) is 2. The molecule has 0 spiro atoms. The third kappa shape index (κ3) is 3.64. The fourth-order valence-corrected chi connectivity index (χ4v) is 3.68. The Kier molecular flexibility index (Phi) is 5.13. The van der Waals surface area contributed by atoms with E-state index in [2.05, 4.69) is 5.32 Å². The van der Waals surface area contributed by atoms with Crippen LogP contribution in [0.15, 0.2) is 78.9 Å². The highest BCUT2D eigenvalue weighted by atomic mass is 35.5. The van der Waals surface area contributed by atoms with Crippen LogP contribution in [0.1, 0.15) is 21.5 Å². The number of halogens is 1. The summed E-state index contributed by atoms with van der Waals surface area (Å²) in [6.07, 6.45) is 0.463. The zero-order valence-corrected chi connectivity index (χ0v) is 15.9. The molecule has 140 valence electrons. The second-order valence-corrected chi connectivity index (χ2v) is 7.16. The van der Waals surface area contributed by atoms with E-state index < -0.39 is 6.04 Å². The Morgan fingerprint density at radius 1 is 0.857 bits per heavy atom. The smallest absolute Gasteiger partial charge is 0.254 e. The number of carbonyl (C=O) groups is 2. The third-order valence-electron chi connectivity index (χ3n) is 4.96. The average molecular weight is 391 g/mol. The Labute approximate surface area is 168 Å². The fourth-order valence-electron chi connectivity index (χ4n) is 3.50. The zero-order chi connectivity index (χ0) is 19.5. The van der Waals surface area contributed by atoms with Crippen LogP contribution in [0.2, 0.25) is 5.02 Å². The Morgan fingerprint density at radius 2 is 1.50 bits per heavy atom. The van der Waals surface area contributed by atoms with Gasteiger partial charge in [-0.1, -0.05) is 66.2 Å². The maximum absolute atomic E-state index is 13.2. The molecule has 0 aromatic heterocycles. The fraction of sp³-hybridized carbons (Fsp3) is 0.130. The highest BCUT2D eigenvalue weighted by Gasteiger charge is 2.35. The zero-order valence-electron chi connectivity index (χ0n) is 15.1. The number of anilines is 1. The summed E-state index contributed by atoms with van der Waals surface area (Å²) >= 11 is 6.19. The number of rotatable bonds is 3. The molecule has 0 aliphatic carbocycles. The van der Waals surface area contributed by atoms with Gasteiger partial charge in [-0.3, -0.25) is 9.59 Å².